The van der Waals surface area contributed by atoms with Crippen molar-refractivity contribution in [1.82, 2.24) is 10.2 Å². The molecule has 7 nitrogen and oxygen atoms in total. The number of sulfone groups is 1. The maximum atomic E-state index is 13.6. The second kappa shape index (κ2) is 8.47. The van der Waals surface area contributed by atoms with Gasteiger partial charge in [0.15, 0.2) is 5.44 Å². The van der Waals surface area contributed by atoms with Gasteiger partial charge in [0.2, 0.25) is 9.84 Å². The van der Waals surface area contributed by atoms with Gasteiger partial charge in [0.25, 0.3) is 0 Å². The van der Waals surface area contributed by atoms with Gasteiger partial charge >= 0.3 is 6.61 Å². The van der Waals surface area contributed by atoms with Gasteiger partial charge in [-0.25, -0.2) is 8.42 Å². The number of ether oxygens (including phenoxy) is 3. The molecular formula is C22H30F2N2O5S. The molecule has 1 aromatic rings. The van der Waals surface area contributed by atoms with E-state index in [9.17, 15) is 17.2 Å². The summed E-state index contributed by atoms with van der Waals surface area (Å²) in [4.78, 5) is 2.32. The quantitative estimate of drug-likeness (QED) is 0.705. The minimum atomic E-state index is -3.83. The molecule has 1 N–H and O–H groups in total. The van der Waals surface area contributed by atoms with Gasteiger partial charge in [-0.2, -0.15) is 8.78 Å². The number of likely N-dealkylation sites (tertiary alicyclic amines) is 1. The molecule has 0 amide bonds. The molecule has 2 spiro atoms. The van der Waals surface area contributed by atoms with Crippen molar-refractivity contribution in [3.63, 3.8) is 0 Å². The molecule has 5 rings (SSSR count). The third-order valence-corrected chi connectivity index (χ3v) is 9.36. The van der Waals surface area contributed by atoms with Gasteiger partial charge in [0.05, 0.1) is 23.1 Å². The maximum absolute atomic E-state index is 13.6. The molecule has 10 heteroatoms. The summed E-state index contributed by atoms with van der Waals surface area (Å²) in [5.74, 6) is -0.0698. The fourth-order valence-electron chi connectivity index (χ4n) is 5.78. The first-order valence-electron chi connectivity index (χ1n) is 11.3. The third-order valence-electron chi connectivity index (χ3n) is 7.41. The number of hydrogen-bond donors (Lipinski definition) is 1. The molecule has 0 bridgehead atoms. The van der Waals surface area contributed by atoms with Crippen LogP contribution in [-0.4, -0.2) is 76.4 Å². The maximum Gasteiger partial charge on any atom is 0.387 e. The van der Waals surface area contributed by atoms with Crippen LogP contribution < -0.4 is 10.1 Å². The molecule has 2 unspecified atom stereocenters. The van der Waals surface area contributed by atoms with Crippen LogP contribution in [0.3, 0.4) is 0 Å². The Bertz CT molecular complexity index is 907. The van der Waals surface area contributed by atoms with Crippen molar-refractivity contribution >= 4 is 9.84 Å². The van der Waals surface area contributed by atoms with E-state index in [1.165, 1.54) is 24.3 Å². The summed E-state index contributed by atoms with van der Waals surface area (Å²) in [6, 6.07) is 4.95. The zero-order valence-corrected chi connectivity index (χ0v) is 18.8. The summed E-state index contributed by atoms with van der Waals surface area (Å²) in [5, 5.41) is 3.33. The first-order valence-corrected chi connectivity index (χ1v) is 12.8. The van der Waals surface area contributed by atoms with Crippen molar-refractivity contribution in [3.8, 4) is 5.75 Å². The van der Waals surface area contributed by atoms with Crippen molar-refractivity contribution in [2.45, 2.75) is 60.7 Å². The fourth-order valence-corrected chi connectivity index (χ4v) is 7.58. The van der Waals surface area contributed by atoms with E-state index < -0.39 is 27.5 Å². The van der Waals surface area contributed by atoms with Crippen LogP contribution in [0.1, 0.15) is 32.1 Å². The van der Waals surface area contributed by atoms with Crippen LogP contribution in [0, 0.1) is 5.41 Å². The van der Waals surface area contributed by atoms with E-state index in [-0.39, 0.29) is 22.1 Å². The Morgan fingerprint density at radius 3 is 2.47 bits per heavy atom. The molecule has 4 saturated heterocycles. The second-order valence-electron chi connectivity index (χ2n) is 9.65. The molecule has 0 aliphatic carbocycles. The molecule has 4 fully saturated rings. The summed E-state index contributed by atoms with van der Waals surface area (Å²) in [5.41, 5.74) is -1.30. The van der Waals surface area contributed by atoms with E-state index in [1.54, 1.807) is 0 Å². The van der Waals surface area contributed by atoms with Crippen LogP contribution in [0.15, 0.2) is 29.2 Å². The number of rotatable bonds is 5. The van der Waals surface area contributed by atoms with Crippen molar-refractivity contribution in [1.29, 1.82) is 0 Å². The normalized spacial score (nSPS) is 30.0. The highest BCUT2D eigenvalue weighted by molar-refractivity contribution is 7.92. The predicted molar refractivity (Wildman–Crippen MR) is 112 cm³/mol. The van der Waals surface area contributed by atoms with E-state index in [0.29, 0.717) is 6.42 Å². The molecule has 0 radical (unpaired) electrons. The van der Waals surface area contributed by atoms with Crippen molar-refractivity contribution in [2.75, 3.05) is 39.4 Å². The van der Waals surface area contributed by atoms with Crippen molar-refractivity contribution in [3.05, 3.63) is 24.3 Å². The van der Waals surface area contributed by atoms with Crippen LogP contribution in [0.2, 0.25) is 0 Å². The lowest BCUT2D eigenvalue weighted by atomic mass is 9.74. The fraction of sp³-hybridized carbons (Fsp3) is 0.727. The van der Waals surface area contributed by atoms with Gasteiger partial charge < -0.3 is 19.5 Å². The Hall–Kier alpha value is -1.33. The van der Waals surface area contributed by atoms with Crippen LogP contribution in [0.5, 0.6) is 5.75 Å². The van der Waals surface area contributed by atoms with E-state index in [0.717, 1.165) is 65.1 Å². The first-order chi connectivity index (χ1) is 15.3. The lowest BCUT2D eigenvalue weighted by Gasteiger charge is -2.54. The SMILES string of the molecule is O=S(=O)(c1ccc(OC(F)F)cc1)C1OC2(CCNCC2)CC1N1CC2(CCCOC2)C1. The summed E-state index contributed by atoms with van der Waals surface area (Å²) in [6.07, 6.45) is 4.38. The highest BCUT2D eigenvalue weighted by Crippen LogP contribution is 2.48. The average molecular weight is 473 g/mol. The topological polar surface area (TPSA) is 77.1 Å². The second-order valence-corrected chi connectivity index (χ2v) is 11.7. The van der Waals surface area contributed by atoms with Crippen LogP contribution in [-0.2, 0) is 19.3 Å². The zero-order valence-electron chi connectivity index (χ0n) is 18.0. The minimum absolute atomic E-state index is 0.0661. The van der Waals surface area contributed by atoms with Crippen LogP contribution in [0.25, 0.3) is 0 Å². The van der Waals surface area contributed by atoms with E-state index in [4.69, 9.17) is 9.47 Å². The molecule has 0 saturated carbocycles. The molecule has 32 heavy (non-hydrogen) atoms. The summed E-state index contributed by atoms with van der Waals surface area (Å²) in [6.45, 7) is 1.82. The summed E-state index contributed by atoms with van der Waals surface area (Å²) in [7, 11) is -3.83. The van der Waals surface area contributed by atoms with E-state index in [2.05, 4.69) is 15.0 Å². The van der Waals surface area contributed by atoms with Crippen LogP contribution >= 0.6 is 0 Å². The molecule has 178 valence electrons. The Kier molecular flexibility index (Phi) is 5.94. The van der Waals surface area contributed by atoms with Crippen LogP contribution in [0.4, 0.5) is 8.78 Å². The summed E-state index contributed by atoms with van der Waals surface area (Å²) >= 11 is 0. The highest BCUT2D eigenvalue weighted by Gasteiger charge is 2.58. The Morgan fingerprint density at radius 2 is 1.84 bits per heavy atom. The predicted octanol–water partition coefficient (Wildman–Crippen LogP) is 2.41. The standard InChI is InChI=1S/C22H30F2N2O5S/c23-20(24)30-16-2-4-17(5-3-16)32(27,28)19-18(12-22(31-19)7-9-25-10-8-22)26-13-21(14-26)6-1-11-29-15-21/h2-5,18-20,25H,1,6-15H2. The molecule has 2 atom stereocenters. The number of alkyl halides is 2. The lowest BCUT2D eigenvalue weighted by molar-refractivity contribution is -0.118. The van der Waals surface area contributed by atoms with Crippen molar-refractivity contribution < 1.29 is 31.4 Å². The molecular weight excluding hydrogens is 442 g/mol. The van der Waals surface area contributed by atoms with E-state index >= 15 is 0 Å². The molecule has 4 heterocycles. The third kappa shape index (κ3) is 4.16. The molecule has 0 aromatic heterocycles. The average Bonchev–Trinajstić information content (AvgIpc) is 3.12. The number of piperidine rings is 1. The van der Waals surface area contributed by atoms with Gasteiger partial charge in [-0.05, 0) is 69.5 Å². The molecule has 4 aliphatic heterocycles. The monoisotopic (exact) mass is 472 g/mol. The Morgan fingerprint density at radius 1 is 1.12 bits per heavy atom. The number of nitrogens with zero attached hydrogens (tertiary/aromatic N) is 1. The first kappa shape index (κ1) is 22.5. The van der Waals surface area contributed by atoms with Gasteiger partial charge in [0, 0.05) is 25.1 Å². The Labute approximate surface area is 187 Å². The highest BCUT2D eigenvalue weighted by atomic mass is 32.2. The van der Waals surface area contributed by atoms with Gasteiger partial charge in [-0.15, -0.1) is 0 Å². The minimum Gasteiger partial charge on any atom is -0.435 e. The molecule has 4 aliphatic rings. The lowest BCUT2D eigenvalue weighted by Crippen LogP contribution is -2.64. The number of hydrogen-bond acceptors (Lipinski definition) is 7. The largest absolute Gasteiger partial charge is 0.435 e. The number of halogens is 2. The van der Waals surface area contributed by atoms with Gasteiger partial charge in [-0.3, -0.25) is 4.90 Å². The summed E-state index contributed by atoms with van der Waals surface area (Å²) < 4.78 is 68.6. The number of benzene rings is 1. The van der Waals surface area contributed by atoms with Gasteiger partial charge in [0.1, 0.15) is 5.75 Å². The molecule has 1 aromatic carbocycles. The van der Waals surface area contributed by atoms with Crippen molar-refractivity contribution in [2.24, 2.45) is 5.41 Å². The van der Waals surface area contributed by atoms with E-state index in [1.807, 2.05) is 0 Å². The van der Waals surface area contributed by atoms with Gasteiger partial charge in [-0.1, -0.05) is 0 Å². The smallest absolute Gasteiger partial charge is 0.387 e. The number of nitrogens with one attached hydrogen (secondary N) is 1. The zero-order chi connectivity index (χ0) is 22.4. The Balaban J connectivity index is 1.39.